The van der Waals surface area contributed by atoms with E-state index < -0.39 is 0 Å². The van der Waals surface area contributed by atoms with Crippen LogP contribution in [0.4, 0.5) is 0 Å². The van der Waals surface area contributed by atoms with Gasteiger partial charge in [-0.1, -0.05) is 37.5 Å². The van der Waals surface area contributed by atoms with Crippen molar-refractivity contribution >= 4 is 0 Å². The first-order chi connectivity index (χ1) is 11.3. The molecule has 0 aromatic rings. The van der Waals surface area contributed by atoms with E-state index >= 15 is 0 Å². The first kappa shape index (κ1) is 18.8. The van der Waals surface area contributed by atoms with Crippen molar-refractivity contribution in [1.82, 2.24) is 0 Å². The summed E-state index contributed by atoms with van der Waals surface area (Å²) in [6.07, 6.45) is 22.3. The second-order valence-corrected chi connectivity index (χ2v) is 7.89. The third-order valence-electron chi connectivity index (χ3n) is 6.26. The molecule has 0 aliphatic heterocycles. The van der Waals surface area contributed by atoms with Crippen LogP contribution in [0.5, 0.6) is 0 Å². The third-order valence-corrected chi connectivity index (χ3v) is 6.26. The normalized spacial score (nSPS) is 32.2. The van der Waals surface area contributed by atoms with Crippen molar-refractivity contribution in [2.24, 2.45) is 23.7 Å². The predicted molar refractivity (Wildman–Crippen MR) is 101 cm³/mol. The van der Waals surface area contributed by atoms with Crippen LogP contribution in [0.25, 0.3) is 0 Å². The molecule has 132 valence electrons. The fourth-order valence-electron chi connectivity index (χ4n) is 4.78. The molecule has 0 aromatic heterocycles. The lowest BCUT2D eigenvalue weighted by Gasteiger charge is -2.38. The summed E-state index contributed by atoms with van der Waals surface area (Å²) >= 11 is 0. The van der Waals surface area contributed by atoms with Gasteiger partial charge >= 0.3 is 0 Å². The average molecular weight is 319 g/mol. The Hall–Kier alpha value is -0.560. The molecule has 0 heterocycles. The third kappa shape index (κ3) is 6.83. The van der Waals surface area contributed by atoms with E-state index in [4.69, 9.17) is 4.74 Å². The van der Waals surface area contributed by atoms with E-state index in [-0.39, 0.29) is 0 Å². The summed E-state index contributed by atoms with van der Waals surface area (Å²) in [5.74, 6) is 3.90. The van der Waals surface area contributed by atoms with E-state index in [1.54, 1.807) is 0 Å². The summed E-state index contributed by atoms with van der Waals surface area (Å²) in [5, 5.41) is 0. The van der Waals surface area contributed by atoms with Gasteiger partial charge in [0.15, 0.2) is 0 Å². The molecule has 2 aliphatic rings. The van der Waals surface area contributed by atoms with Crippen molar-refractivity contribution in [3.05, 3.63) is 24.8 Å². The molecule has 1 heteroatoms. The average Bonchev–Trinajstić information content (AvgIpc) is 2.60. The number of rotatable bonds is 9. The summed E-state index contributed by atoms with van der Waals surface area (Å²) in [4.78, 5) is 0. The second-order valence-electron chi connectivity index (χ2n) is 7.89. The molecule has 0 atom stereocenters. The van der Waals surface area contributed by atoms with E-state index in [1.165, 1.54) is 70.6 Å². The number of allylic oxidation sites excluding steroid dienone is 2. The molecule has 0 N–H and O–H groups in total. The van der Waals surface area contributed by atoms with Gasteiger partial charge in [0.2, 0.25) is 0 Å². The topological polar surface area (TPSA) is 9.23 Å². The van der Waals surface area contributed by atoms with Crippen LogP contribution < -0.4 is 0 Å². The van der Waals surface area contributed by atoms with Gasteiger partial charge < -0.3 is 4.74 Å². The zero-order valence-corrected chi connectivity index (χ0v) is 15.3. The summed E-state index contributed by atoms with van der Waals surface area (Å²) in [6, 6.07) is 0. The highest BCUT2D eigenvalue weighted by Crippen LogP contribution is 2.42. The lowest BCUT2D eigenvalue weighted by atomic mass is 9.69. The van der Waals surface area contributed by atoms with Crippen LogP contribution in [-0.2, 0) is 4.74 Å². The van der Waals surface area contributed by atoms with Gasteiger partial charge in [-0.3, -0.25) is 0 Å². The van der Waals surface area contributed by atoms with Crippen LogP contribution in [0.15, 0.2) is 24.8 Å². The van der Waals surface area contributed by atoms with E-state index in [0.29, 0.717) is 0 Å². The van der Waals surface area contributed by atoms with Gasteiger partial charge in [0.25, 0.3) is 0 Å². The standard InChI is InChI=1S/C22H38O/c1-3-5-6-7-8-19-9-13-21(14-10-19)22-15-11-20(12-16-22)18-23-17-4-2/h3-5,19-22H,2,6-18H2,1H3/b5-3-. The first-order valence-electron chi connectivity index (χ1n) is 10.1. The van der Waals surface area contributed by atoms with Crippen LogP contribution >= 0.6 is 0 Å². The minimum absolute atomic E-state index is 0.720. The van der Waals surface area contributed by atoms with Crippen LogP contribution in [0.1, 0.15) is 77.6 Å². The van der Waals surface area contributed by atoms with Gasteiger partial charge in [0.05, 0.1) is 6.61 Å². The Bertz CT molecular complexity index is 330. The Balaban J connectivity index is 1.58. The first-order valence-corrected chi connectivity index (χ1v) is 10.1. The van der Waals surface area contributed by atoms with Gasteiger partial charge in [0, 0.05) is 6.61 Å². The fraction of sp³-hybridized carbons (Fsp3) is 0.818. The molecule has 23 heavy (non-hydrogen) atoms. The lowest BCUT2D eigenvalue weighted by molar-refractivity contribution is 0.0780. The Morgan fingerprint density at radius 3 is 2.09 bits per heavy atom. The van der Waals surface area contributed by atoms with Crippen molar-refractivity contribution in [3.8, 4) is 0 Å². The summed E-state index contributed by atoms with van der Waals surface area (Å²) in [6.45, 7) is 7.53. The minimum Gasteiger partial charge on any atom is -0.377 e. The highest BCUT2D eigenvalue weighted by atomic mass is 16.5. The smallest absolute Gasteiger partial charge is 0.0644 e. The van der Waals surface area contributed by atoms with Crippen molar-refractivity contribution < 1.29 is 4.74 Å². The Kier molecular flexibility index (Phi) is 9.04. The van der Waals surface area contributed by atoms with E-state index in [2.05, 4.69) is 25.7 Å². The molecule has 0 spiro atoms. The molecule has 2 fully saturated rings. The van der Waals surface area contributed by atoms with Gasteiger partial charge in [-0.05, 0) is 82.0 Å². The maximum absolute atomic E-state index is 5.65. The molecule has 0 aromatic carbocycles. The molecule has 0 radical (unpaired) electrons. The van der Waals surface area contributed by atoms with Crippen LogP contribution in [0.3, 0.4) is 0 Å². The Morgan fingerprint density at radius 1 is 0.913 bits per heavy atom. The van der Waals surface area contributed by atoms with Crippen LogP contribution in [0.2, 0.25) is 0 Å². The van der Waals surface area contributed by atoms with Gasteiger partial charge in [-0.2, -0.15) is 0 Å². The van der Waals surface area contributed by atoms with Crippen molar-refractivity contribution in [2.45, 2.75) is 77.6 Å². The maximum Gasteiger partial charge on any atom is 0.0644 e. The monoisotopic (exact) mass is 318 g/mol. The molecule has 0 saturated heterocycles. The molecular weight excluding hydrogens is 280 g/mol. The second kappa shape index (κ2) is 11.1. The Labute approximate surface area is 144 Å². The van der Waals surface area contributed by atoms with Gasteiger partial charge in [0.1, 0.15) is 0 Å². The van der Waals surface area contributed by atoms with E-state index in [0.717, 1.165) is 36.9 Å². The van der Waals surface area contributed by atoms with Crippen LogP contribution in [-0.4, -0.2) is 13.2 Å². The van der Waals surface area contributed by atoms with E-state index in [9.17, 15) is 0 Å². The SMILES string of the molecule is C=CCOCC1CCC(C2CCC(CCC/C=C\C)CC2)CC1. The molecule has 1 nitrogen and oxygen atoms in total. The largest absolute Gasteiger partial charge is 0.377 e. The molecule has 0 amide bonds. The zero-order chi connectivity index (χ0) is 16.3. The molecule has 2 rings (SSSR count). The number of hydrogen-bond donors (Lipinski definition) is 0. The van der Waals surface area contributed by atoms with Crippen LogP contribution in [0, 0.1) is 23.7 Å². The number of hydrogen-bond acceptors (Lipinski definition) is 1. The van der Waals surface area contributed by atoms with Gasteiger partial charge in [-0.15, -0.1) is 6.58 Å². The summed E-state index contributed by atoms with van der Waals surface area (Å²) in [5.41, 5.74) is 0. The van der Waals surface area contributed by atoms with Crippen molar-refractivity contribution in [2.75, 3.05) is 13.2 Å². The maximum atomic E-state index is 5.65. The summed E-state index contributed by atoms with van der Waals surface area (Å²) < 4.78 is 5.65. The molecular formula is C22H38O. The minimum atomic E-state index is 0.720. The molecule has 2 saturated carbocycles. The van der Waals surface area contributed by atoms with Crippen molar-refractivity contribution in [1.29, 1.82) is 0 Å². The number of unbranched alkanes of at least 4 members (excludes halogenated alkanes) is 1. The molecule has 0 bridgehead atoms. The highest BCUT2D eigenvalue weighted by molar-refractivity contribution is 4.83. The van der Waals surface area contributed by atoms with Crippen molar-refractivity contribution in [3.63, 3.8) is 0 Å². The predicted octanol–water partition coefficient (Wildman–Crippen LogP) is 6.55. The van der Waals surface area contributed by atoms with E-state index in [1.807, 2.05) is 6.08 Å². The highest BCUT2D eigenvalue weighted by Gasteiger charge is 2.30. The van der Waals surface area contributed by atoms with Gasteiger partial charge in [-0.25, -0.2) is 0 Å². The lowest BCUT2D eigenvalue weighted by Crippen LogP contribution is -2.27. The number of ether oxygens (including phenoxy) is 1. The molecule has 2 aliphatic carbocycles. The fourth-order valence-corrected chi connectivity index (χ4v) is 4.78. The zero-order valence-electron chi connectivity index (χ0n) is 15.3. The Morgan fingerprint density at radius 2 is 1.52 bits per heavy atom. The molecule has 0 unspecified atom stereocenters. The summed E-state index contributed by atoms with van der Waals surface area (Å²) in [7, 11) is 0. The quantitative estimate of drug-likeness (QED) is 0.346.